The molecule has 2 N–H and O–H groups in total. The van der Waals surface area contributed by atoms with Gasteiger partial charge in [0.15, 0.2) is 0 Å². The van der Waals surface area contributed by atoms with Crippen molar-refractivity contribution in [3.63, 3.8) is 0 Å². The molecule has 1 heterocycles. The third kappa shape index (κ3) is 2.66. The zero-order chi connectivity index (χ0) is 11.5. The first-order chi connectivity index (χ1) is 7.65. The molecule has 0 unspecified atom stereocenters. The molecule has 86 valence electrons. The zero-order valence-electron chi connectivity index (χ0n) is 8.73. The predicted octanol–water partition coefficient (Wildman–Crippen LogP) is 1.84. The zero-order valence-corrected chi connectivity index (χ0v) is 10.3. The van der Waals surface area contributed by atoms with Crippen LogP contribution in [0.4, 0.5) is 4.79 Å². The average molecular weight is 285 g/mol. The molecule has 1 aromatic carbocycles. The maximum absolute atomic E-state index is 10.7. The van der Waals surface area contributed by atoms with Gasteiger partial charge in [0.25, 0.3) is 0 Å². The largest absolute Gasteiger partial charge is 0.493 e. The summed E-state index contributed by atoms with van der Waals surface area (Å²) >= 11 is 3.38. The highest BCUT2D eigenvalue weighted by molar-refractivity contribution is 9.10. The van der Waals surface area contributed by atoms with Crippen LogP contribution < -0.4 is 10.5 Å². The van der Waals surface area contributed by atoms with Crippen LogP contribution in [0.5, 0.6) is 5.75 Å². The Balaban J connectivity index is 1.75. The van der Waals surface area contributed by atoms with Crippen molar-refractivity contribution in [1.82, 2.24) is 4.90 Å². The lowest BCUT2D eigenvalue weighted by Gasteiger charge is -2.37. The van der Waals surface area contributed by atoms with Crippen molar-refractivity contribution >= 4 is 22.0 Å². The molecular weight excluding hydrogens is 272 g/mol. The third-order valence-corrected chi connectivity index (χ3v) is 3.04. The molecule has 16 heavy (non-hydrogen) atoms. The fourth-order valence-corrected chi connectivity index (χ4v) is 2.00. The van der Waals surface area contributed by atoms with Gasteiger partial charge in [0.05, 0.1) is 6.61 Å². The number of benzene rings is 1. The van der Waals surface area contributed by atoms with Gasteiger partial charge in [-0.05, 0) is 18.2 Å². The molecule has 1 saturated heterocycles. The number of primary amides is 1. The fraction of sp³-hybridized carbons (Fsp3) is 0.364. The van der Waals surface area contributed by atoms with Gasteiger partial charge in [-0.3, -0.25) is 0 Å². The first kappa shape index (κ1) is 11.3. The number of halogens is 1. The minimum absolute atomic E-state index is 0.348. The summed E-state index contributed by atoms with van der Waals surface area (Å²) in [6.07, 6.45) is 0. The quantitative estimate of drug-likeness (QED) is 0.921. The Hall–Kier alpha value is -1.23. The summed E-state index contributed by atoms with van der Waals surface area (Å²) in [6.45, 7) is 2.02. The molecule has 0 saturated carbocycles. The fourth-order valence-electron chi connectivity index (χ4n) is 1.63. The van der Waals surface area contributed by atoms with Crippen LogP contribution in [0.2, 0.25) is 0 Å². The van der Waals surface area contributed by atoms with E-state index in [1.165, 1.54) is 0 Å². The molecule has 1 aliphatic heterocycles. The van der Waals surface area contributed by atoms with Gasteiger partial charge in [-0.25, -0.2) is 4.79 Å². The van der Waals surface area contributed by atoms with Crippen LogP contribution in [0.1, 0.15) is 0 Å². The second-order valence-electron chi connectivity index (χ2n) is 3.88. The minimum atomic E-state index is -0.348. The second-order valence-corrected chi connectivity index (χ2v) is 4.79. The van der Waals surface area contributed by atoms with Crippen molar-refractivity contribution in [1.29, 1.82) is 0 Å². The first-order valence-electron chi connectivity index (χ1n) is 5.08. The Kier molecular flexibility index (Phi) is 3.33. The summed E-state index contributed by atoms with van der Waals surface area (Å²) < 4.78 is 6.61. The average Bonchev–Trinajstić information content (AvgIpc) is 2.14. The van der Waals surface area contributed by atoms with Gasteiger partial charge in [0.1, 0.15) is 5.75 Å². The topological polar surface area (TPSA) is 55.6 Å². The van der Waals surface area contributed by atoms with Gasteiger partial charge in [0.2, 0.25) is 0 Å². The molecular formula is C11H13BrN2O2. The normalized spacial score (nSPS) is 15.7. The molecule has 0 aliphatic carbocycles. The molecule has 4 nitrogen and oxygen atoms in total. The molecule has 0 bridgehead atoms. The van der Waals surface area contributed by atoms with E-state index >= 15 is 0 Å². The molecule has 5 heteroatoms. The summed E-state index contributed by atoms with van der Waals surface area (Å²) in [5, 5.41) is 0. The standard InChI is InChI=1S/C11H13BrN2O2/c12-9-2-1-3-10(4-9)16-7-8-5-14(6-8)11(13)15/h1-4,8H,5-7H2,(H2,13,15). The van der Waals surface area contributed by atoms with E-state index in [-0.39, 0.29) is 6.03 Å². The summed E-state index contributed by atoms with van der Waals surface area (Å²) in [4.78, 5) is 12.4. The maximum atomic E-state index is 10.7. The molecule has 0 atom stereocenters. The Morgan fingerprint density at radius 1 is 1.56 bits per heavy atom. The SMILES string of the molecule is NC(=O)N1CC(COc2cccc(Br)c2)C1. The molecule has 0 aromatic heterocycles. The van der Waals surface area contributed by atoms with Crippen molar-refractivity contribution in [2.75, 3.05) is 19.7 Å². The minimum Gasteiger partial charge on any atom is -0.493 e. The maximum Gasteiger partial charge on any atom is 0.314 e. The Bertz CT molecular complexity index is 391. The summed E-state index contributed by atoms with van der Waals surface area (Å²) in [6, 6.07) is 7.36. The van der Waals surface area contributed by atoms with Gasteiger partial charge in [0, 0.05) is 23.5 Å². The number of ether oxygens (including phenoxy) is 1. The van der Waals surface area contributed by atoms with Gasteiger partial charge in [-0.1, -0.05) is 22.0 Å². The number of likely N-dealkylation sites (tertiary alicyclic amines) is 1. The van der Waals surface area contributed by atoms with E-state index in [4.69, 9.17) is 10.5 Å². The highest BCUT2D eigenvalue weighted by atomic mass is 79.9. The van der Waals surface area contributed by atoms with Crippen LogP contribution in [0.25, 0.3) is 0 Å². The lowest BCUT2D eigenvalue weighted by atomic mass is 10.0. The van der Waals surface area contributed by atoms with E-state index in [2.05, 4.69) is 15.9 Å². The Morgan fingerprint density at radius 3 is 2.94 bits per heavy atom. The highest BCUT2D eigenvalue weighted by Crippen LogP contribution is 2.20. The molecule has 2 amide bonds. The molecule has 2 rings (SSSR count). The van der Waals surface area contributed by atoms with Crippen LogP contribution in [-0.2, 0) is 0 Å². The Labute approximate surface area is 102 Å². The number of carbonyl (C=O) groups is 1. The summed E-state index contributed by atoms with van der Waals surface area (Å²) in [7, 11) is 0. The van der Waals surface area contributed by atoms with Crippen LogP contribution >= 0.6 is 15.9 Å². The predicted molar refractivity (Wildman–Crippen MR) is 64.3 cm³/mol. The van der Waals surface area contributed by atoms with Gasteiger partial charge in [-0.2, -0.15) is 0 Å². The molecule has 0 spiro atoms. The van der Waals surface area contributed by atoms with Gasteiger partial charge < -0.3 is 15.4 Å². The van der Waals surface area contributed by atoms with Crippen LogP contribution in [0.3, 0.4) is 0 Å². The number of amides is 2. The number of urea groups is 1. The van der Waals surface area contributed by atoms with Crippen molar-refractivity contribution in [2.45, 2.75) is 0 Å². The number of nitrogens with two attached hydrogens (primary N) is 1. The number of rotatable bonds is 3. The van der Waals surface area contributed by atoms with E-state index in [1.807, 2.05) is 24.3 Å². The van der Waals surface area contributed by atoms with Crippen LogP contribution in [0, 0.1) is 5.92 Å². The molecule has 0 radical (unpaired) electrons. The van der Waals surface area contributed by atoms with Crippen molar-refractivity contribution in [3.05, 3.63) is 28.7 Å². The van der Waals surface area contributed by atoms with E-state index in [0.717, 1.165) is 10.2 Å². The first-order valence-corrected chi connectivity index (χ1v) is 5.87. The third-order valence-electron chi connectivity index (χ3n) is 2.55. The number of hydrogen-bond acceptors (Lipinski definition) is 2. The van der Waals surface area contributed by atoms with Crippen molar-refractivity contribution < 1.29 is 9.53 Å². The number of hydrogen-bond donors (Lipinski definition) is 1. The molecule has 1 aromatic rings. The monoisotopic (exact) mass is 284 g/mol. The molecule has 1 fully saturated rings. The summed E-state index contributed by atoms with van der Waals surface area (Å²) in [5.74, 6) is 1.23. The number of nitrogens with zero attached hydrogens (tertiary/aromatic N) is 1. The van der Waals surface area contributed by atoms with E-state index < -0.39 is 0 Å². The van der Waals surface area contributed by atoms with E-state index in [1.54, 1.807) is 4.90 Å². The Morgan fingerprint density at radius 2 is 2.31 bits per heavy atom. The van der Waals surface area contributed by atoms with Gasteiger partial charge in [-0.15, -0.1) is 0 Å². The van der Waals surface area contributed by atoms with Gasteiger partial charge >= 0.3 is 6.03 Å². The smallest absolute Gasteiger partial charge is 0.314 e. The molecule has 1 aliphatic rings. The lowest BCUT2D eigenvalue weighted by Crippen LogP contribution is -2.54. The summed E-state index contributed by atoms with van der Waals surface area (Å²) in [5.41, 5.74) is 5.13. The van der Waals surface area contributed by atoms with E-state index in [0.29, 0.717) is 25.6 Å². The highest BCUT2D eigenvalue weighted by Gasteiger charge is 2.29. The number of carbonyl (C=O) groups excluding carboxylic acids is 1. The van der Waals surface area contributed by atoms with Crippen LogP contribution in [-0.4, -0.2) is 30.6 Å². The van der Waals surface area contributed by atoms with Crippen molar-refractivity contribution in [3.8, 4) is 5.75 Å². The van der Waals surface area contributed by atoms with Crippen LogP contribution in [0.15, 0.2) is 28.7 Å². The van der Waals surface area contributed by atoms with E-state index in [9.17, 15) is 4.79 Å². The second kappa shape index (κ2) is 4.74. The lowest BCUT2D eigenvalue weighted by molar-refractivity contribution is 0.0903. The van der Waals surface area contributed by atoms with Crippen molar-refractivity contribution in [2.24, 2.45) is 11.7 Å².